The van der Waals surface area contributed by atoms with Gasteiger partial charge in [0.2, 0.25) is 0 Å². The van der Waals surface area contributed by atoms with E-state index < -0.39 is 5.97 Å². The molecule has 0 saturated heterocycles. The molecule has 1 heterocycles. The van der Waals surface area contributed by atoms with Gasteiger partial charge in [0.05, 0.1) is 11.3 Å². The standard InChI is InChI=1S/C7H5NO2S/c9-7(10)5-2-1-3-8-6(5)4-11/h1-4H,(H,9,10). The zero-order valence-electron chi connectivity index (χ0n) is 5.52. The van der Waals surface area contributed by atoms with Crippen molar-refractivity contribution >= 4 is 23.6 Å². The number of carbonyl (C=O) groups is 1. The molecule has 0 amide bonds. The van der Waals surface area contributed by atoms with Crippen molar-refractivity contribution in [2.75, 3.05) is 0 Å². The minimum atomic E-state index is -1.01. The van der Waals surface area contributed by atoms with Crippen molar-refractivity contribution in [1.82, 2.24) is 4.98 Å². The zero-order chi connectivity index (χ0) is 8.27. The van der Waals surface area contributed by atoms with E-state index in [1.54, 1.807) is 6.07 Å². The smallest absolute Gasteiger partial charge is 0.337 e. The van der Waals surface area contributed by atoms with Crippen molar-refractivity contribution in [3.8, 4) is 0 Å². The van der Waals surface area contributed by atoms with E-state index in [-0.39, 0.29) is 5.56 Å². The van der Waals surface area contributed by atoms with Crippen LogP contribution in [0.3, 0.4) is 0 Å². The maximum absolute atomic E-state index is 10.5. The van der Waals surface area contributed by atoms with E-state index in [2.05, 4.69) is 17.2 Å². The van der Waals surface area contributed by atoms with Gasteiger partial charge in [-0.3, -0.25) is 4.98 Å². The molecule has 0 aliphatic heterocycles. The van der Waals surface area contributed by atoms with Gasteiger partial charge in [0.1, 0.15) is 0 Å². The van der Waals surface area contributed by atoms with Crippen LogP contribution in [0.2, 0.25) is 0 Å². The van der Waals surface area contributed by atoms with E-state index in [0.717, 1.165) is 0 Å². The highest BCUT2D eigenvalue weighted by Gasteiger charge is 2.06. The summed E-state index contributed by atoms with van der Waals surface area (Å²) in [6, 6.07) is 3.03. The van der Waals surface area contributed by atoms with Gasteiger partial charge in [-0.05, 0) is 12.1 Å². The number of pyridine rings is 1. The monoisotopic (exact) mass is 167 g/mol. The minimum Gasteiger partial charge on any atom is -0.478 e. The van der Waals surface area contributed by atoms with E-state index in [1.807, 2.05) is 0 Å². The van der Waals surface area contributed by atoms with Crippen LogP contribution in [0.4, 0.5) is 0 Å². The van der Waals surface area contributed by atoms with E-state index in [9.17, 15) is 4.79 Å². The van der Waals surface area contributed by atoms with E-state index in [1.165, 1.54) is 17.6 Å². The molecule has 0 bridgehead atoms. The predicted octanol–water partition coefficient (Wildman–Crippen LogP) is 1.13. The molecule has 0 aliphatic rings. The summed E-state index contributed by atoms with van der Waals surface area (Å²) >= 11 is 4.57. The predicted molar refractivity (Wildman–Crippen MR) is 44.0 cm³/mol. The van der Waals surface area contributed by atoms with Gasteiger partial charge >= 0.3 is 5.97 Å². The molecule has 1 aromatic heterocycles. The summed E-state index contributed by atoms with van der Waals surface area (Å²) in [5, 5.41) is 9.84. The van der Waals surface area contributed by atoms with Crippen molar-refractivity contribution in [2.24, 2.45) is 0 Å². The van der Waals surface area contributed by atoms with E-state index >= 15 is 0 Å². The average molecular weight is 167 g/mol. The Balaban J connectivity index is 3.22. The lowest BCUT2D eigenvalue weighted by Gasteiger charge is -1.95. The molecule has 0 aliphatic carbocycles. The Morgan fingerprint density at radius 3 is 2.91 bits per heavy atom. The zero-order valence-corrected chi connectivity index (χ0v) is 6.34. The third-order valence-electron chi connectivity index (χ3n) is 1.18. The summed E-state index contributed by atoms with van der Waals surface area (Å²) < 4.78 is 0. The maximum atomic E-state index is 10.5. The number of rotatable bonds is 2. The largest absolute Gasteiger partial charge is 0.478 e. The second-order valence-corrected chi connectivity index (χ2v) is 2.09. The molecule has 1 N–H and O–H groups in total. The van der Waals surface area contributed by atoms with Gasteiger partial charge < -0.3 is 5.11 Å². The van der Waals surface area contributed by atoms with Gasteiger partial charge in [-0.15, -0.1) is 0 Å². The van der Waals surface area contributed by atoms with Gasteiger partial charge in [0.25, 0.3) is 0 Å². The van der Waals surface area contributed by atoms with Gasteiger partial charge in [-0.25, -0.2) is 4.79 Å². The van der Waals surface area contributed by atoms with Crippen molar-refractivity contribution in [3.05, 3.63) is 29.6 Å². The molecular formula is C7H5NO2S. The fourth-order valence-corrected chi connectivity index (χ4v) is 0.880. The number of aromatic carboxylic acids is 1. The van der Waals surface area contributed by atoms with Crippen LogP contribution in [0.5, 0.6) is 0 Å². The van der Waals surface area contributed by atoms with Crippen LogP contribution in [0.15, 0.2) is 18.3 Å². The van der Waals surface area contributed by atoms with E-state index in [4.69, 9.17) is 5.11 Å². The second kappa shape index (κ2) is 3.21. The first-order chi connectivity index (χ1) is 5.25. The molecule has 0 radical (unpaired) electrons. The number of hydrogen-bond acceptors (Lipinski definition) is 3. The van der Waals surface area contributed by atoms with Gasteiger partial charge in [-0.2, -0.15) is 0 Å². The summed E-state index contributed by atoms with van der Waals surface area (Å²) in [5.74, 6) is -1.01. The fraction of sp³-hybridized carbons (Fsp3) is 0. The van der Waals surface area contributed by atoms with Crippen LogP contribution in [0.1, 0.15) is 16.1 Å². The summed E-state index contributed by atoms with van der Waals surface area (Å²) in [6.45, 7) is 0. The Bertz CT molecular complexity index is 298. The van der Waals surface area contributed by atoms with E-state index in [0.29, 0.717) is 5.69 Å². The lowest BCUT2D eigenvalue weighted by molar-refractivity contribution is 0.0696. The maximum Gasteiger partial charge on any atom is 0.337 e. The molecule has 11 heavy (non-hydrogen) atoms. The molecule has 1 rings (SSSR count). The van der Waals surface area contributed by atoms with Crippen LogP contribution in [-0.2, 0) is 0 Å². The molecule has 3 nitrogen and oxygen atoms in total. The quantitative estimate of drug-likeness (QED) is 0.671. The molecular weight excluding hydrogens is 162 g/mol. The van der Waals surface area contributed by atoms with Crippen molar-refractivity contribution in [3.63, 3.8) is 0 Å². The first kappa shape index (κ1) is 7.81. The van der Waals surface area contributed by atoms with Gasteiger partial charge in [-0.1, -0.05) is 12.2 Å². The summed E-state index contributed by atoms with van der Waals surface area (Å²) in [4.78, 5) is 14.3. The molecule has 0 fully saturated rings. The minimum absolute atomic E-state index is 0.141. The molecule has 0 saturated carbocycles. The molecule has 4 heteroatoms. The average Bonchev–Trinajstić information content (AvgIpc) is 2.04. The molecule has 0 spiro atoms. The van der Waals surface area contributed by atoms with Crippen molar-refractivity contribution < 1.29 is 9.90 Å². The highest BCUT2D eigenvalue weighted by Crippen LogP contribution is 2.01. The summed E-state index contributed by atoms with van der Waals surface area (Å²) in [6.07, 6.45) is 1.50. The number of nitrogens with zero attached hydrogens (tertiary/aromatic N) is 1. The molecule has 0 unspecified atom stereocenters. The lowest BCUT2D eigenvalue weighted by Crippen LogP contribution is -2.02. The molecule has 0 atom stereocenters. The third-order valence-corrected chi connectivity index (χ3v) is 1.40. The lowest BCUT2D eigenvalue weighted by atomic mass is 10.2. The van der Waals surface area contributed by atoms with Gasteiger partial charge in [0, 0.05) is 11.6 Å². The van der Waals surface area contributed by atoms with Gasteiger partial charge in [0.15, 0.2) is 0 Å². The Morgan fingerprint density at radius 2 is 2.45 bits per heavy atom. The normalized spacial score (nSPS) is 9.09. The number of aromatic nitrogens is 1. The molecule has 1 aromatic rings. The van der Waals surface area contributed by atoms with Crippen LogP contribution in [-0.4, -0.2) is 21.4 Å². The third kappa shape index (κ3) is 1.59. The van der Waals surface area contributed by atoms with Crippen LogP contribution < -0.4 is 0 Å². The number of thiocarbonyl (C=S) groups is 1. The SMILES string of the molecule is O=C(O)c1cccnc1C=S. The number of hydrogen-bond donors (Lipinski definition) is 1. The van der Waals surface area contributed by atoms with Crippen molar-refractivity contribution in [1.29, 1.82) is 0 Å². The second-order valence-electron chi connectivity index (χ2n) is 1.86. The highest BCUT2D eigenvalue weighted by atomic mass is 32.1. The van der Waals surface area contributed by atoms with Crippen LogP contribution in [0, 0.1) is 0 Å². The fourth-order valence-electron chi connectivity index (χ4n) is 0.692. The Labute approximate surface area is 68.7 Å². The number of carboxylic acid groups (broad SMARTS) is 1. The highest BCUT2D eigenvalue weighted by molar-refractivity contribution is 7.79. The van der Waals surface area contributed by atoms with Crippen LogP contribution in [0.25, 0.3) is 0 Å². The summed E-state index contributed by atoms with van der Waals surface area (Å²) in [7, 11) is 0. The molecule has 0 aromatic carbocycles. The number of carboxylic acids is 1. The topological polar surface area (TPSA) is 50.2 Å². The summed E-state index contributed by atoms with van der Waals surface area (Å²) in [5.41, 5.74) is 0.470. The Hall–Kier alpha value is -1.29. The Kier molecular flexibility index (Phi) is 2.28. The molecule has 56 valence electrons. The Morgan fingerprint density at radius 1 is 1.73 bits per heavy atom. The first-order valence-corrected chi connectivity index (χ1v) is 3.36. The van der Waals surface area contributed by atoms with Crippen molar-refractivity contribution in [2.45, 2.75) is 0 Å². The van der Waals surface area contributed by atoms with Crippen LogP contribution >= 0.6 is 12.2 Å². The first-order valence-electron chi connectivity index (χ1n) is 2.89.